The first kappa shape index (κ1) is 28.0. The van der Waals surface area contributed by atoms with E-state index in [0.717, 1.165) is 23.4 Å². The molecule has 1 aromatic rings. The Balaban J connectivity index is 1.67. The minimum Gasteiger partial charge on any atom is -0.468 e. The Labute approximate surface area is 214 Å². The largest absolute Gasteiger partial charge is 0.468 e. The Kier molecular flexibility index (Phi) is 8.41. The Morgan fingerprint density at radius 1 is 1.03 bits per heavy atom. The third kappa shape index (κ3) is 6.79. The molecule has 9 nitrogen and oxygen atoms in total. The van der Waals surface area contributed by atoms with E-state index in [1.165, 1.54) is 26.4 Å². The highest BCUT2D eigenvalue weighted by atomic mass is 16.6. The Morgan fingerprint density at radius 3 is 2.14 bits per heavy atom. The number of imidazole rings is 1. The van der Waals surface area contributed by atoms with Gasteiger partial charge in [0, 0.05) is 18.8 Å². The van der Waals surface area contributed by atoms with Gasteiger partial charge in [-0.15, -0.1) is 0 Å². The number of amides is 2. The van der Waals surface area contributed by atoms with Crippen molar-refractivity contribution >= 4 is 18.2 Å². The number of rotatable bonds is 7. The van der Waals surface area contributed by atoms with Gasteiger partial charge in [-0.3, -0.25) is 4.79 Å². The maximum Gasteiger partial charge on any atom is 0.419 e. The number of carbonyl (C=O) groups is 3. The molecule has 2 atom stereocenters. The lowest BCUT2D eigenvalue weighted by Crippen LogP contribution is -2.44. The summed E-state index contributed by atoms with van der Waals surface area (Å²) in [5.41, 5.74) is -1.51. The third-order valence-electron chi connectivity index (χ3n) is 6.87. The van der Waals surface area contributed by atoms with Crippen molar-refractivity contribution in [2.45, 2.75) is 116 Å². The van der Waals surface area contributed by atoms with Crippen molar-refractivity contribution in [2.75, 3.05) is 13.7 Å². The van der Waals surface area contributed by atoms with E-state index >= 15 is 0 Å². The van der Waals surface area contributed by atoms with E-state index in [2.05, 4.69) is 9.55 Å². The summed E-state index contributed by atoms with van der Waals surface area (Å²) in [4.78, 5) is 44.0. The van der Waals surface area contributed by atoms with Crippen molar-refractivity contribution in [2.24, 2.45) is 5.92 Å². The van der Waals surface area contributed by atoms with Crippen molar-refractivity contribution < 1.29 is 28.6 Å². The van der Waals surface area contributed by atoms with Gasteiger partial charge in [0.15, 0.2) is 0 Å². The predicted molar refractivity (Wildman–Crippen MR) is 135 cm³/mol. The average molecular weight is 506 g/mol. The van der Waals surface area contributed by atoms with E-state index in [4.69, 9.17) is 14.2 Å². The molecule has 0 spiro atoms. The van der Waals surface area contributed by atoms with E-state index < -0.39 is 28.8 Å². The standard InChI is InChI=1S/C27H43N3O6/c1-25(2,3)35-23(32)30(24(33)36-26(4,5)6)15-11-12-19-16-27(19,22(31)34-7)21-17-29(18-28-21)20-13-9-8-10-14-20/h17-20H,8-16H2,1-7H3/t19-,27+/m0/s1. The number of esters is 1. The highest BCUT2D eigenvalue weighted by Gasteiger charge is 2.63. The Hall–Kier alpha value is -2.58. The number of methoxy groups -OCH3 is 1. The van der Waals surface area contributed by atoms with Crippen LogP contribution in [0, 0.1) is 5.92 Å². The van der Waals surface area contributed by atoms with Gasteiger partial charge in [-0.1, -0.05) is 19.3 Å². The van der Waals surface area contributed by atoms with Crippen molar-refractivity contribution in [1.29, 1.82) is 0 Å². The highest BCUT2D eigenvalue weighted by Crippen LogP contribution is 2.57. The Morgan fingerprint density at radius 2 is 1.61 bits per heavy atom. The summed E-state index contributed by atoms with van der Waals surface area (Å²) in [6.45, 7) is 10.6. The van der Waals surface area contributed by atoms with Gasteiger partial charge in [-0.05, 0) is 79.6 Å². The molecular formula is C27H43N3O6. The summed E-state index contributed by atoms with van der Waals surface area (Å²) in [5, 5.41) is 0. The fourth-order valence-electron chi connectivity index (χ4n) is 5.06. The number of nitrogens with zero attached hydrogens (tertiary/aromatic N) is 3. The minimum absolute atomic E-state index is 0.0266. The minimum atomic E-state index is -0.767. The van der Waals surface area contributed by atoms with Crippen LogP contribution in [0.4, 0.5) is 9.59 Å². The van der Waals surface area contributed by atoms with Crippen LogP contribution in [0.1, 0.15) is 105 Å². The van der Waals surface area contributed by atoms with Gasteiger partial charge >= 0.3 is 18.2 Å². The van der Waals surface area contributed by atoms with Crippen LogP contribution < -0.4 is 0 Å². The van der Waals surface area contributed by atoms with Crippen LogP contribution in [-0.2, 0) is 24.4 Å². The first-order valence-electron chi connectivity index (χ1n) is 13.1. The third-order valence-corrected chi connectivity index (χ3v) is 6.87. The van der Waals surface area contributed by atoms with Crippen LogP contribution in [0.5, 0.6) is 0 Å². The molecule has 9 heteroatoms. The van der Waals surface area contributed by atoms with Crippen LogP contribution in [-0.4, -0.2) is 57.5 Å². The number of hydrogen-bond acceptors (Lipinski definition) is 7. The molecule has 0 aliphatic heterocycles. The van der Waals surface area contributed by atoms with Crippen molar-refractivity contribution in [3.63, 3.8) is 0 Å². The average Bonchev–Trinajstić information content (AvgIpc) is 3.28. The summed E-state index contributed by atoms with van der Waals surface area (Å²) in [5.74, 6) is -0.253. The zero-order chi connectivity index (χ0) is 26.7. The molecule has 0 N–H and O–H groups in total. The molecule has 0 saturated heterocycles. The molecule has 3 rings (SSSR count). The summed E-state index contributed by atoms with van der Waals surface area (Å²) in [6.07, 6.45) is 10.1. The van der Waals surface area contributed by atoms with Crippen LogP contribution >= 0.6 is 0 Å². The molecule has 36 heavy (non-hydrogen) atoms. The predicted octanol–water partition coefficient (Wildman–Crippen LogP) is 5.77. The Bertz CT molecular complexity index is 910. The van der Waals surface area contributed by atoms with E-state index in [1.54, 1.807) is 41.5 Å². The normalized spacial score (nSPS) is 22.6. The second kappa shape index (κ2) is 10.8. The van der Waals surface area contributed by atoms with Gasteiger partial charge in [-0.25, -0.2) is 19.5 Å². The lowest BCUT2D eigenvalue weighted by atomic mass is 9.95. The molecule has 2 saturated carbocycles. The molecule has 1 heterocycles. The monoisotopic (exact) mass is 505 g/mol. The molecule has 2 aliphatic rings. The lowest BCUT2D eigenvalue weighted by molar-refractivity contribution is -0.144. The maximum absolute atomic E-state index is 12.9. The van der Waals surface area contributed by atoms with Gasteiger partial charge in [-0.2, -0.15) is 0 Å². The molecule has 202 valence electrons. The summed E-state index contributed by atoms with van der Waals surface area (Å²) in [6, 6.07) is 0.433. The van der Waals surface area contributed by atoms with Gasteiger partial charge in [0.25, 0.3) is 0 Å². The van der Waals surface area contributed by atoms with E-state index in [-0.39, 0.29) is 18.4 Å². The van der Waals surface area contributed by atoms with Crippen LogP contribution in [0.3, 0.4) is 0 Å². The maximum atomic E-state index is 12.9. The van der Waals surface area contributed by atoms with E-state index in [9.17, 15) is 14.4 Å². The molecule has 1 aromatic heterocycles. The summed E-state index contributed by atoms with van der Waals surface area (Å²) >= 11 is 0. The molecule has 0 aromatic carbocycles. The molecule has 0 unspecified atom stereocenters. The van der Waals surface area contributed by atoms with Gasteiger partial charge in [0.05, 0.1) is 19.1 Å². The number of imide groups is 1. The van der Waals surface area contributed by atoms with Gasteiger partial charge < -0.3 is 18.8 Å². The number of carbonyl (C=O) groups excluding carboxylic acids is 3. The summed E-state index contributed by atoms with van der Waals surface area (Å²) in [7, 11) is 1.41. The quantitative estimate of drug-likeness (QED) is 0.342. The van der Waals surface area contributed by atoms with Crippen molar-refractivity contribution in [3.8, 4) is 0 Å². The second-order valence-corrected chi connectivity index (χ2v) is 12.1. The second-order valence-electron chi connectivity index (χ2n) is 12.1. The number of hydrogen-bond donors (Lipinski definition) is 0. The highest BCUT2D eigenvalue weighted by molar-refractivity contribution is 5.88. The topological polar surface area (TPSA) is 100.0 Å². The van der Waals surface area contributed by atoms with Crippen molar-refractivity contribution in [3.05, 3.63) is 18.2 Å². The zero-order valence-corrected chi connectivity index (χ0v) is 23.0. The fourth-order valence-corrected chi connectivity index (χ4v) is 5.06. The smallest absolute Gasteiger partial charge is 0.419 e. The molecule has 0 bridgehead atoms. The van der Waals surface area contributed by atoms with E-state index in [0.29, 0.717) is 25.3 Å². The van der Waals surface area contributed by atoms with Crippen molar-refractivity contribution in [1.82, 2.24) is 14.5 Å². The number of aromatic nitrogens is 2. The van der Waals surface area contributed by atoms with Gasteiger partial charge in [0.2, 0.25) is 0 Å². The molecule has 2 fully saturated rings. The van der Waals surface area contributed by atoms with Crippen LogP contribution in [0.2, 0.25) is 0 Å². The molecule has 0 radical (unpaired) electrons. The van der Waals surface area contributed by atoms with Crippen LogP contribution in [0.25, 0.3) is 0 Å². The number of ether oxygens (including phenoxy) is 3. The first-order valence-corrected chi connectivity index (χ1v) is 13.1. The fraction of sp³-hybridized carbons (Fsp3) is 0.778. The van der Waals surface area contributed by atoms with Gasteiger partial charge in [0.1, 0.15) is 16.6 Å². The first-order chi connectivity index (χ1) is 16.8. The molecule has 2 amide bonds. The van der Waals surface area contributed by atoms with E-state index in [1.807, 2.05) is 12.5 Å². The lowest BCUT2D eigenvalue weighted by Gasteiger charge is -2.28. The zero-order valence-electron chi connectivity index (χ0n) is 23.0. The summed E-state index contributed by atoms with van der Waals surface area (Å²) < 4.78 is 18.2. The van der Waals surface area contributed by atoms with Crippen LogP contribution in [0.15, 0.2) is 12.5 Å². The SMILES string of the molecule is COC(=O)[C@]1(c2cn(C3CCCCC3)cn2)C[C@@H]1CCCN(C(=O)OC(C)(C)C)C(=O)OC(C)(C)C. The molecular weight excluding hydrogens is 462 g/mol. The molecule has 2 aliphatic carbocycles.